The lowest BCUT2D eigenvalue weighted by molar-refractivity contribution is -0.123. The second-order valence-corrected chi connectivity index (χ2v) is 1.37. The van der Waals surface area contributed by atoms with Gasteiger partial charge in [0.05, 0.1) is 12.5 Å². The number of carbonyl (C=O) groups excluding carboxylic acids is 3. The zero-order valence-electron chi connectivity index (χ0n) is 4.59. The summed E-state index contributed by atoms with van der Waals surface area (Å²) in [5.74, 6) is -0.117. The van der Waals surface area contributed by atoms with Gasteiger partial charge in [0.25, 0.3) is 0 Å². The molecule has 4 nitrogen and oxygen atoms in total. The Labute approximate surface area is 51.3 Å². The summed E-state index contributed by atoms with van der Waals surface area (Å²) in [5, 5.41) is 0. The summed E-state index contributed by atoms with van der Waals surface area (Å²) >= 11 is 0. The summed E-state index contributed by atoms with van der Waals surface area (Å²) in [6, 6.07) is 0. The summed E-state index contributed by atoms with van der Waals surface area (Å²) in [5.41, 5.74) is 4.61. The molecule has 0 saturated heterocycles. The van der Waals surface area contributed by atoms with Gasteiger partial charge in [-0.05, 0) is 0 Å². The van der Waals surface area contributed by atoms with E-state index in [2.05, 4.69) is 5.73 Å². The van der Waals surface area contributed by atoms with Gasteiger partial charge in [0, 0.05) is 0 Å². The molecule has 0 atom stereocenters. The van der Waals surface area contributed by atoms with Crippen LogP contribution >= 0.6 is 0 Å². The lowest BCUT2D eigenvalue weighted by Crippen LogP contribution is -2.14. The lowest BCUT2D eigenvalue weighted by Gasteiger charge is -1.82. The normalized spacial score (nSPS) is 7.56. The molecule has 0 bridgehead atoms. The van der Waals surface area contributed by atoms with E-state index < -0.39 is 18.1 Å². The van der Waals surface area contributed by atoms with E-state index in [1.807, 2.05) is 0 Å². The molecule has 2 N–H and O–H groups in total. The quantitative estimate of drug-likeness (QED) is 0.294. The van der Waals surface area contributed by atoms with Crippen LogP contribution in [0.25, 0.3) is 0 Å². The van der Waals surface area contributed by atoms with E-state index in [0.29, 0.717) is 6.08 Å². The summed E-state index contributed by atoms with van der Waals surface area (Å²) < 4.78 is 0. The smallest absolute Gasteiger partial charge is 0.225 e. The van der Waals surface area contributed by atoms with Gasteiger partial charge in [0.2, 0.25) is 5.91 Å². The maximum absolute atomic E-state index is 10.2. The highest BCUT2D eigenvalue weighted by atomic mass is 16.2. The molecule has 0 spiro atoms. The third-order valence-electron chi connectivity index (χ3n) is 0.568. The van der Waals surface area contributed by atoms with Gasteiger partial charge in [0.15, 0.2) is 5.78 Å². The summed E-state index contributed by atoms with van der Waals surface area (Å²) in [7, 11) is 0. The third kappa shape index (κ3) is 4.44. The second-order valence-electron chi connectivity index (χ2n) is 1.37. The van der Waals surface area contributed by atoms with Gasteiger partial charge in [-0.3, -0.25) is 9.59 Å². The molecule has 0 aliphatic carbocycles. The van der Waals surface area contributed by atoms with Crippen LogP contribution in [0.3, 0.4) is 0 Å². The van der Waals surface area contributed by atoms with E-state index >= 15 is 0 Å². The molecule has 1 amide bonds. The molecular weight excluding hydrogens is 122 g/mol. The molecule has 0 fully saturated rings. The van der Waals surface area contributed by atoms with Crippen LogP contribution in [-0.4, -0.2) is 17.6 Å². The van der Waals surface area contributed by atoms with Crippen molar-refractivity contribution in [2.45, 2.75) is 6.42 Å². The van der Waals surface area contributed by atoms with Crippen molar-refractivity contribution in [1.29, 1.82) is 0 Å². The van der Waals surface area contributed by atoms with Gasteiger partial charge in [-0.2, -0.15) is 0 Å². The molecular formula is C5H5NO3. The Morgan fingerprint density at radius 3 is 2.44 bits per heavy atom. The minimum absolute atomic E-state index is 0.421. The zero-order chi connectivity index (χ0) is 7.28. The fourth-order valence-corrected chi connectivity index (χ4v) is 0.288. The van der Waals surface area contributed by atoms with Gasteiger partial charge in [-0.25, -0.2) is 4.79 Å². The summed E-state index contributed by atoms with van der Waals surface area (Å²) in [4.78, 5) is 29.6. The zero-order valence-corrected chi connectivity index (χ0v) is 4.59. The maximum atomic E-state index is 10.2. The topological polar surface area (TPSA) is 77.2 Å². The summed E-state index contributed by atoms with van der Waals surface area (Å²) in [6.07, 6.45) is 0.222. The van der Waals surface area contributed by atoms with Gasteiger partial charge in [0.1, 0.15) is 5.94 Å². The van der Waals surface area contributed by atoms with E-state index in [9.17, 15) is 14.4 Å². The molecule has 0 heterocycles. The Morgan fingerprint density at radius 1 is 1.56 bits per heavy atom. The molecule has 4 heteroatoms. The first-order valence-corrected chi connectivity index (χ1v) is 2.19. The molecule has 0 radical (unpaired) electrons. The first-order valence-electron chi connectivity index (χ1n) is 2.19. The fourth-order valence-electron chi connectivity index (χ4n) is 0.288. The van der Waals surface area contributed by atoms with Crippen molar-refractivity contribution in [2.75, 3.05) is 0 Å². The minimum atomic E-state index is -0.744. The Balaban J connectivity index is 3.78. The average Bonchev–Trinajstić information content (AvgIpc) is 1.63. The van der Waals surface area contributed by atoms with Crippen molar-refractivity contribution in [3.8, 4) is 0 Å². The van der Waals surface area contributed by atoms with Crippen LogP contribution in [0.2, 0.25) is 0 Å². The van der Waals surface area contributed by atoms with Crippen LogP contribution in [0.15, 0.2) is 6.08 Å². The number of rotatable bonds is 3. The van der Waals surface area contributed by atoms with Gasteiger partial charge >= 0.3 is 0 Å². The first-order chi connectivity index (χ1) is 4.16. The van der Waals surface area contributed by atoms with Crippen molar-refractivity contribution in [3.63, 3.8) is 0 Å². The van der Waals surface area contributed by atoms with Gasteiger partial charge < -0.3 is 5.73 Å². The predicted octanol–water partition coefficient (Wildman–Crippen LogP) is -1.18. The Hall–Kier alpha value is -1.41. The Morgan fingerprint density at radius 2 is 2.11 bits per heavy atom. The van der Waals surface area contributed by atoms with E-state index in [4.69, 9.17) is 0 Å². The Kier molecular flexibility index (Phi) is 3.01. The number of ketones is 1. The number of carbonyl (C=O) groups is 2. The molecule has 0 aliphatic rings. The number of hydrogen-bond acceptors (Lipinski definition) is 3. The van der Waals surface area contributed by atoms with Crippen molar-refractivity contribution in [3.05, 3.63) is 6.08 Å². The van der Waals surface area contributed by atoms with Crippen LogP contribution < -0.4 is 5.73 Å². The number of primary amides is 1. The number of allylic oxidation sites excluding steroid dienone is 1. The average molecular weight is 127 g/mol. The predicted molar refractivity (Wildman–Crippen MR) is 29.1 cm³/mol. The van der Waals surface area contributed by atoms with Crippen LogP contribution in [0.5, 0.6) is 0 Å². The highest BCUT2D eigenvalue weighted by Gasteiger charge is 2.00. The maximum Gasteiger partial charge on any atom is 0.225 e. The van der Waals surface area contributed by atoms with E-state index in [1.165, 1.54) is 5.94 Å². The molecule has 9 heavy (non-hydrogen) atoms. The summed E-state index contributed by atoms with van der Waals surface area (Å²) in [6.45, 7) is 0. The Bertz CT molecular complexity index is 179. The van der Waals surface area contributed by atoms with Crippen LogP contribution in [0.4, 0.5) is 0 Å². The van der Waals surface area contributed by atoms with Crippen molar-refractivity contribution in [2.24, 2.45) is 5.73 Å². The van der Waals surface area contributed by atoms with Crippen LogP contribution in [0, 0.1) is 0 Å². The largest absolute Gasteiger partial charge is 0.369 e. The molecule has 0 unspecified atom stereocenters. The van der Waals surface area contributed by atoms with Crippen LogP contribution in [-0.2, 0) is 14.4 Å². The molecule has 0 aromatic heterocycles. The van der Waals surface area contributed by atoms with Crippen LogP contribution in [0.1, 0.15) is 6.42 Å². The van der Waals surface area contributed by atoms with Crippen molar-refractivity contribution >= 4 is 17.6 Å². The third-order valence-corrected chi connectivity index (χ3v) is 0.568. The number of nitrogens with two attached hydrogens (primary N) is 1. The van der Waals surface area contributed by atoms with Crippen molar-refractivity contribution in [1.82, 2.24) is 0 Å². The standard InChI is InChI=1S/C5H5NO3/c6-5(9)3-4(8)1-2-7/h1H,3H2,(H2,6,9). The van der Waals surface area contributed by atoms with Crippen molar-refractivity contribution < 1.29 is 14.4 Å². The SMILES string of the molecule is NC(=O)CC(=O)C=C=O. The molecule has 0 saturated carbocycles. The fraction of sp³-hybridized carbons (Fsp3) is 0.200. The molecule has 0 rings (SSSR count). The van der Waals surface area contributed by atoms with E-state index in [-0.39, 0.29) is 0 Å². The first kappa shape index (κ1) is 7.59. The van der Waals surface area contributed by atoms with E-state index in [1.54, 1.807) is 0 Å². The molecule has 0 aromatic carbocycles. The monoisotopic (exact) mass is 127 g/mol. The second kappa shape index (κ2) is 3.57. The lowest BCUT2D eigenvalue weighted by atomic mass is 10.3. The highest BCUT2D eigenvalue weighted by molar-refractivity contribution is 6.06. The van der Waals surface area contributed by atoms with Gasteiger partial charge in [-0.1, -0.05) is 0 Å². The number of hydrogen-bond donors (Lipinski definition) is 1. The minimum Gasteiger partial charge on any atom is -0.369 e. The molecule has 48 valence electrons. The molecule has 0 aliphatic heterocycles. The highest BCUT2D eigenvalue weighted by Crippen LogP contribution is 1.78. The van der Waals surface area contributed by atoms with E-state index in [0.717, 1.165) is 0 Å². The molecule has 0 aromatic rings. The van der Waals surface area contributed by atoms with Gasteiger partial charge in [-0.15, -0.1) is 0 Å². The number of amides is 1.